The summed E-state index contributed by atoms with van der Waals surface area (Å²) in [5.41, 5.74) is 0. The van der Waals surface area contributed by atoms with Gasteiger partial charge in [0.2, 0.25) is 0 Å². The molecule has 0 amide bonds. The second kappa shape index (κ2) is 14.6. The second-order valence-corrected chi connectivity index (χ2v) is 59.0. The first-order valence-corrected chi connectivity index (χ1v) is 36.7. The van der Waals surface area contributed by atoms with Crippen LogP contribution in [-0.4, -0.2) is 52.4 Å². The van der Waals surface area contributed by atoms with E-state index in [4.69, 9.17) is 0 Å². The van der Waals surface area contributed by atoms with Crippen LogP contribution < -0.4 is 0 Å². The quantitative estimate of drug-likeness (QED) is 0.260. The molecule has 0 atom stereocenters. The molecule has 0 saturated heterocycles. The van der Waals surface area contributed by atoms with E-state index < -0.39 is 49.4 Å². The van der Waals surface area contributed by atoms with Crippen LogP contribution in [0.25, 0.3) is 0 Å². The van der Waals surface area contributed by atoms with E-state index in [2.05, 4.69) is 121 Å². The zero-order valence-electron chi connectivity index (χ0n) is 24.1. The van der Waals surface area contributed by atoms with E-state index in [1.165, 1.54) is 0 Å². The molecule has 0 aliphatic carbocycles. The molecule has 174 valence electrons. The first kappa shape index (κ1) is 39.3. The molecule has 0 bridgehead atoms. The van der Waals surface area contributed by atoms with Gasteiger partial charge in [-0.15, -0.1) is 0 Å². The van der Waals surface area contributed by atoms with Crippen molar-refractivity contribution in [3.63, 3.8) is 0 Å². The number of nitrogens with zero attached hydrogens (tertiary/aromatic N) is 3. The van der Waals surface area contributed by atoms with Gasteiger partial charge in [-0.1, -0.05) is 0 Å². The zero-order chi connectivity index (χ0) is 25.7. The Morgan fingerprint density at radius 2 is 0.333 bits per heavy atom. The fourth-order valence-corrected chi connectivity index (χ4v) is 27.2. The van der Waals surface area contributed by atoms with Crippen LogP contribution in [0.2, 0.25) is 118 Å². The van der Waals surface area contributed by atoms with Crippen LogP contribution in [0.4, 0.5) is 0 Å². The van der Waals surface area contributed by atoms with E-state index in [0.29, 0.717) is 0 Å². The monoisotopic (exact) mass is 897 g/mol. The van der Waals surface area contributed by atoms with Crippen molar-refractivity contribution in [1.29, 1.82) is 0 Å². The van der Waals surface area contributed by atoms with E-state index in [9.17, 15) is 0 Å². The van der Waals surface area contributed by atoms with Crippen LogP contribution in [0.5, 0.6) is 0 Å². The normalized spacial score (nSPS) is 14.2. The number of rotatable bonds is 6. The van der Waals surface area contributed by atoms with Crippen molar-refractivity contribution >= 4 is 49.4 Å². The van der Waals surface area contributed by atoms with E-state index in [-0.39, 0.29) is 0 Å². The molecule has 0 aliphatic heterocycles. The third kappa shape index (κ3) is 19.9. The molecule has 0 aromatic rings. The summed E-state index contributed by atoms with van der Waals surface area (Å²) in [5, 5.41) is 0. The summed E-state index contributed by atoms with van der Waals surface area (Å²) in [5.74, 6) is 0. The second-order valence-electron chi connectivity index (χ2n) is 14.1. The molecule has 3 nitrogen and oxygen atoms in total. The summed E-state index contributed by atoms with van der Waals surface area (Å²) in [7, 11) is -5.56. The standard InChI is InChI=1S/3C6H18NSi2.3La/c3*1-8(2,3)7-9(4,5)6;;;/h3*1-6H3;;;/q3*-1;3*+1. The first-order valence-electron chi connectivity index (χ1n) is 11.1. The van der Waals surface area contributed by atoms with Crippen molar-refractivity contribution in [2.45, 2.75) is 118 Å². The Morgan fingerprint density at radius 3 is 0.333 bits per heavy atom. The Labute approximate surface area is 267 Å². The summed E-state index contributed by atoms with van der Waals surface area (Å²) in [6.45, 7) is 44.1. The van der Waals surface area contributed by atoms with E-state index >= 15 is 0 Å². The van der Waals surface area contributed by atoms with Gasteiger partial charge in [0.25, 0.3) is 0 Å². The van der Waals surface area contributed by atoms with Crippen LogP contribution >= 0.6 is 0 Å². The summed E-state index contributed by atoms with van der Waals surface area (Å²) in [6, 6.07) is 0. The van der Waals surface area contributed by atoms with Gasteiger partial charge in [0, 0.05) is 0 Å². The number of hydrogen-bond donors (Lipinski definition) is 0. The van der Waals surface area contributed by atoms with Crippen molar-refractivity contribution in [3.8, 4) is 0 Å². The van der Waals surface area contributed by atoms with E-state index in [0.717, 1.165) is 102 Å². The molecule has 0 N–H and O–H groups in total. The Balaban J connectivity index is -0.000000364. The van der Waals surface area contributed by atoms with Crippen molar-refractivity contribution in [3.05, 3.63) is 0 Å². The first-order chi connectivity index (χ1) is 12.5. The molecule has 0 rings (SSSR count). The van der Waals surface area contributed by atoms with Crippen LogP contribution in [0.3, 0.4) is 0 Å². The average Bonchev–Trinajstić information content (AvgIpc) is 2.40. The molecule has 0 aliphatic rings. The van der Waals surface area contributed by atoms with Crippen molar-refractivity contribution < 1.29 is 102 Å². The maximum absolute atomic E-state index is 2.82. The van der Waals surface area contributed by atoms with Gasteiger partial charge in [0.15, 0.2) is 0 Å². The molecule has 0 aromatic heterocycles. The SMILES string of the molecule is C[Si](C)(C)[N]([La])[Si](C)(C)C.C[Si](C)(C)[N]([La])[Si](C)(C)C.C[Si](C)(C)[N]([La])[Si](C)(C)C. The molecule has 0 radical (unpaired) electrons. The fourth-order valence-electron chi connectivity index (χ4n) is 3.02. The molecule has 12 heteroatoms. The van der Waals surface area contributed by atoms with Crippen molar-refractivity contribution in [2.75, 3.05) is 0 Å². The maximum atomic E-state index is 2.82. The van der Waals surface area contributed by atoms with Gasteiger partial charge in [-0.3, -0.25) is 0 Å². The Morgan fingerprint density at radius 1 is 0.267 bits per heavy atom. The molecule has 30 heavy (non-hydrogen) atoms. The van der Waals surface area contributed by atoms with Crippen LogP contribution in [0, 0.1) is 102 Å². The average molecular weight is 898 g/mol. The summed E-state index contributed by atoms with van der Waals surface area (Å²) in [4.78, 5) is 0. The Kier molecular flexibility index (Phi) is 19.2. The Hall–Kier alpha value is 4.77. The predicted octanol–water partition coefficient (Wildman–Crippen LogP) is 7.27. The number of hydrogen-bond acceptors (Lipinski definition) is 3. The minimum atomic E-state index is -0.927. The van der Waals surface area contributed by atoms with Gasteiger partial charge in [0.1, 0.15) is 0 Å². The molecular weight excluding hydrogens is 843 g/mol. The summed E-state index contributed by atoms with van der Waals surface area (Å²) >= 11 is 3.18. The third-order valence-electron chi connectivity index (χ3n) is 4.34. The molecule has 0 spiro atoms. The van der Waals surface area contributed by atoms with Crippen molar-refractivity contribution in [1.82, 2.24) is 2.99 Å². The van der Waals surface area contributed by atoms with E-state index in [1.807, 2.05) is 0 Å². The summed E-state index contributed by atoms with van der Waals surface area (Å²) < 4.78 is 8.46. The summed E-state index contributed by atoms with van der Waals surface area (Å²) in [6.07, 6.45) is 0. The fraction of sp³-hybridized carbons (Fsp3) is 1.00. The molecule has 0 unspecified atom stereocenters. The van der Waals surface area contributed by atoms with Crippen molar-refractivity contribution in [2.24, 2.45) is 0 Å². The van der Waals surface area contributed by atoms with Gasteiger partial charge in [-0.05, 0) is 0 Å². The van der Waals surface area contributed by atoms with Gasteiger partial charge in [0.05, 0.1) is 0 Å². The van der Waals surface area contributed by atoms with Gasteiger partial charge < -0.3 is 0 Å². The topological polar surface area (TPSA) is 9.72 Å². The van der Waals surface area contributed by atoms with Gasteiger partial charge in [-0.25, -0.2) is 0 Å². The molecule has 0 saturated carbocycles. The third-order valence-corrected chi connectivity index (χ3v) is 68.9. The molecule has 0 aromatic carbocycles. The Bertz CT molecular complexity index is 371. The molecule has 0 fully saturated rings. The molecule has 0 heterocycles. The minimum absolute atomic E-state index is 0.927. The van der Waals surface area contributed by atoms with Crippen LogP contribution in [0.15, 0.2) is 0 Å². The zero-order valence-corrected chi connectivity index (χ0v) is 41.0. The van der Waals surface area contributed by atoms with E-state index in [1.54, 1.807) is 0 Å². The molecular formula is C18H54La3N3Si6. The van der Waals surface area contributed by atoms with Crippen LogP contribution in [-0.2, 0) is 0 Å². The van der Waals surface area contributed by atoms with Gasteiger partial charge >= 0.3 is 273 Å². The predicted molar refractivity (Wildman–Crippen MR) is 146 cm³/mol. The van der Waals surface area contributed by atoms with Crippen LogP contribution in [0.1, 0.15) is 0 Å². The van der Waals surface area contributed by atoms with Gasteiger partial charge in [-0.2, -0.15) is 0 Å².